The predicted octanol–water partition coefficient (Wildman–Crippen LogP) is 3.64. The number of hydrogen-bond donors (Lipinski definition) is 1. The third-order valence-electron chi connectivity index (χ3n) is 3.52. The maximum Gasteiger partial charge on any atom is 0.263 e. The molecule has 0 bridgehead atoms. The number of para-hydroxylation sites is 3. The van der Waals surface area contributed by atoms with Gasteiger partial charge in [0.05, 0.1) is 12.0 Å². The molecule has 0 aromatic heterocycles. The summed E-state index contributed by atoms with van der Waals surface area (Å²) in [4.78, 5) is 12.4. The van der Waals surface area contributed by atoms with E-state index in [4.69, 9.17) is 26.4 Å². The van der Waals surface area contributed by atoms with Crippen LogP contribution in [0.25, 0.3) is 6.08 Å². The lowest BCUT2D eigenvalue weighted by atomic mass is 10.2. The van der Waals surface area contributed by atoms with E-state index in [1.807, 2.05) is 48.5 Å². The third kappa shape index (κ3) is 4.56. The van der Waals surface area contributed by atoms with Crippen molar-refractivity contribution in [2.45, 2.75) is 0 Å². The molecule has 0 atom stereocenters. The molecule has 0 radical (unpaired) electrons. The highest BCUT2D eigenvalue weighted by Gasteiger charge is 2.22. The smallest absolute Gasteiger partial charge is 0.263 e. The van der Waals surface area contributed by atoms with Crippen molar-refractivity contribution in [2.24, 2.45) is 0 Å². The van der Waals surface area contributed by atoms with Gasteiger partial charge in [0.15, 0.2) is 11.5 Å². The number of benzene rings is 2. The van der Waals surface area contributed by atoms with Crippen LogP contribution in [0.3, 0.4) is 0 Å². The molecule has 1 fully saturated rings. The Hall–Kier alpha value is -2.51. The molecule has 1 N–H and O–H groups in total. The Labute approximate surface area is 161 Å². The van der Waals surface area contributed by atoms with Gasteiger partial charge in [-0.25, -0.2) is 0 Å². The first-order valence-corrected chi connectivity index (χ1v) is 9.12. The predicted molar refractivity (Wildman–Crippen MR) is 107 cm³/mol. The molecule has 0 aliphatic carbocycles. The van der Waals surface area contributed by atoms with E-state index in [0.717, 1.165) is 5.56 Å². The molecule has 2 aromatic rings. The first kappa shape index (κ1) is 18.3. The second-order valence-corrected chi connectivity index (χ2v) is 6.96. The minimum Gasteiger partial charge on any atom is -0.493 e. The van der Waals surface area contributed by atoms with E-state index >= 15 is 0 Å². The van der Waals surface area contributed by atoms with E-state index in [0.29, 0.717) is 39.7 Å². The number of carbonyl (C=O) groups is 1. The summed E-state index contributed by atoms with van der Waals surface area (Å²) in [6, 6.07) is 15.0. The number of hydrogen-bond acceptors (Lipinski definition) is 6. The molecule has 0 saturated carbocycles. The molecule has 0 unspecified atom stereocenters. The van der Waals surface area contributed by atoms with E-state index < -0.39 is 0 Å². The van der Waals surface area contributed by atoms with Gasteiger partial charge in [0.1, 0.15) is 23.3 Å². The summed E-state index contributed by atoms with van der Waals surface area (Å²) in [6.07, 6.45) is 1.77. The van der Waals surface area contributed by atoms with Gasteiger partial charge in [0.25, 0.3) is 5.91 Å². The third-order valence-corrected chi connectivity index (χ3v) is 4.68. The van der Waals surface area contributed by atoms with Gasteiger partial charge in [0.2, 0.25) is 0 Å². The van der Waals surface area contributed by atoms with Crippen LogP contribution in [0.15, 0.2) is 53.4 Å². The molecule has 3 rings (SSSR count). The van der Waals surface area contributed by atoms with Gasteiger partial charge in [-0.1, -0.05) is 54.3 Å². The quantitative estimate of drug-likeness (QED) is 0.445. The minimum absolute atomic E-state index is 0.186. The molecular formula is C19H17NO4S2. The molecule has 1 saturated heterocycles. The fraction of sp³-hybridized carbons (Fsp3) is 0.158. The van der Waals surface area contributed by atoms with E-state index in [1.54, 1.807) is 13.2 Å². The summed E-state index contributed by atoms with van der Waals surface area (Å²) in [5, 5.41) is 2.60. The summed E-state index contributed by atoms with van der Waals surface area (Å²) >= 11 is 6.25. The monoisotopic (exact) mass is 387 g/mol. The lowest BCUT2D eigenvalue weighted by Crippen LogP contribution is -2.17. The topological polar surface area (TPSA) is 56.8 Å². The molecule has 1 amide bonds. The van der Waals surface area contributed by atoms with Gasteiger partial charge < -0.3 is 19.5 Å². The van der Waals surface area contributed by atoms with Crippen molar-refractivity contribution >= 4 is 40.3 Å². The van der Waals surface area contributed by atoms with Crippen LogP contribution in [0, 0.1) is 0 Å². The van der Waals surface area contributed by atoms with Crippen molar-refractivity contribution in [1.82, 2.24) is 5.32 Å². The minimum atomic E-state index is -0.186. The van der Waals surface area contributed by atoms with Crippen molar-refractivity contribution < 1.29 is 19.0 Å². The van der Waals surface area contributed by atoms with Gasteiger partial charge in [-0.15, -0.1) is 0 Å². The second-order valence-electron chi connectivity index (χ2n) is 5.24. The Bertz CT molecular complexity index is 851. The lowest BCUT2D eigenvalue weighted by molar-refractivity contribution is -0.115. The van der Waals surface area contributed by atoms with E-state index in [-0.39, 0.29) is 5.91 Å². The number of rotatable bonds is 7. The summed E-state index contributed by atoms with van der Waals surface area (Å²) in [5.41, 5.74) is 0.812. The molecular weight excluding hydrogens is 370 g/mol. The van der Waals surface area contributed by atoms with Crippen molar-refractivity contribution in [3.05, 3.63) is 59.0 Å². The highest BCUT2D eigenvalue weighted by molar-refractivity contribution is 8.26. The van der Waals surface area contributed by atoms with Crippen LogP contribution in [0.4, 0.5) is 0 Å². The molecule has 0 spiro atoms. The van der Waals surface area contributed by atoms with E-state index in [9.17, 15) is 4.79 Å². The molecule has 26 heavy (non-hydrogen) atoms. The maximum absolute atomic E-state index is 11.8. The molecule has 1 aliphatic heterocycles. The molecule has 1 aliphatic rings. The van der Waals surface area contributed by atoms with Crippen LogP contribution < -0.4 is 19.5 Å². The van der Waals surface area contributed by atoms with E-state index in [1.165, 1.54) is 11.8 Å². The van der Waals surface area contributed by atoms with Crippen molar-refractivity contribution in [3.63, 3.8) is 0 Å². The van der Waals surface area contributed by atoms with Crippen LogP contribution in [0.1, 0.15) is 5.56 Å². The normalized spacial score (nSPS) is 15.0. The second kappa shape index (κ2) is 8.73. The maximum atomic E-state index is 11.8. The van der Waals surface area contributed by atoms with Crippen molar-refractivity contribution in [1.29, 1.82) is 0 Å². The Morgan fingerprint density at radius 2 is 1.62 bits per heavy atom. The highest BCUT2D eigenvalue weighted by Crippen LogP contribution is 2.29. The fourth-order valence-electron chi connectivity index (χ4n) is 2.33. The molecule has 134 valence electrons. The Morgan fingerprint density at radius 3 is 2.27 bits per heavy atom. The number of methoxy groups -OCH3 is 1. The zero-order valence-electron chi connectivity index (χ0n) is 14.1. The summed E-state index contributed by atoms with van der Waals surface area (Å²) in [6.45, 7) is 0.723. The molecule has 1 heterocycles. The van der Waals surface area contributed by atoms with Crippen LogP contribution in [-0.4, -0.2) is 30.6 Å². The largest absolute Gasteiger partial charge is 0.493 e. The summed E-state index contributed by atoms with van der Waals surface area (Å²) in [7, 11) is 1.60. The number of thioether (sulfide) groups is 1. The zero-order chi connectivity index (χ0) is 18.4. The summed E-state index contributed by atoms with van der Waals surface area (Å²) in [5.74, 6) is 1.84. The zero-order valence-corrected chi connectivity index (χ0v) is 15.7. The van der Waals surface area contributed by atoms with Gasteiger partial charge in [-0.3, -0.25) is 4.79 Å². The highest BCUT2D eigenvalue weighted by atomic mass is 32.2. The summed E-state index contributed by atoms with van der Waals surface area (Å²) < 4.78 is 17.2. The number of nitrogens with one attached hydrogen (secondary N) is 1. The number of amides is 1. The van der Waals surface area contributed by atoms with Crippen molar-refractivity contribution in [2.75, 3.05) is 20.3 Å². The average molecular weight is 387 g/mol. The van der Waals surface area contributed by atoms with Crippen LogP contribution in [0.2, 0.25) is 0 Å². The Balaban J connectivity index is 1.61. The van der Waals surface area contributed by atoms with E-state index in [2.05, 4.69) is 5.32 Å². The fourth-order valence-corrected chi connectivity index (χ4v) is 3.37. The Kier molecular flexibility index (Phi) is 6.14. The first-order chi connectivity index (χ1) is 12.7. The van der Waals surface area contributed by atoms with Gasteiger partial charge >= 0.3 is 0 Å². The lowest BCUT2D eigenvalue weighted by Gasteiger charge is -2.12. The number of ether oxygens (including phenoxy) is 3. The van der Waals surface area contributed by atoms with Crippen LogP contribution in [0.5, 0.6) is 17.2 Å². The van der Waals surface area contributed by atoms with Gasteiger partial charge in [0, 0.05) is 5.56 Å². The average Bonchev–Trinajstić information content (AvgIpc) is 2.97. The molecule has 2 aromatic carbocycles. The van der Waals surface area contributed by atoms with Gasteiger partial charge in [-0.05, 0) is 24.3 Å². The Morgan fingerprint density at radius 1 is 1.00 bits per heavy atom. The SMILES string of the molecule is COc1ccccc1OCCOc1ccccc1C=C1SC(=S)NC1=O. The standard InChI is InChI=1S/C19H17NO4S2/c1-22-15-8-4-5-9-16(15)24-11-10-23-14-7-3-2-6-13(14)12-17-18(21)20-19(25)26-17/h2-9,12H,10-11H2,1H3,(H,20,21,25). The van der Waals surface area contributed by atoms with Crippen molar-refractivity contribution in [3.8, 4) is 17.2 Å². The van der Waals surface area contributed by atoms with Crippen LogP contribution in [-0.2, 0) is 4.79 Å². The molecule has 5 nitrogen and oxygen atoms in total. The number of carbonyl (C=O) groups excluding carboxylic acids is 1. The number of thiocarbonyl (C=S) groups is 1. The molecule has 7 heteroatoms. The van der Waals surface area contributed by atoms with Crippen LogP contribution >= 0.6 is 24.0 Å². The first-order valence-electron chi connectivity index (χ1n) is 7.90. The van der Waals surface area contributed by atoms with Gasteiger partial charge in [-0.2, -0.15) is 0 Å².